The van der Waals surface area contributed by atoms with Crippen molar-refractivity contribution >= 4 is 37.5 Å². The summed E-state index contributed by atoms with van der Waals surface area (Å²) in [5, 5.41) is 2.74. The summed E-state index contributed by atoms with van der Waals surface area (Å²) in [6.45, 7) is 1.88. The zero-order valence-corrected chi connectivity index (χ0v) is 17.2. The summed E-state index contributed by atoms with van der Waals surface area (Å²) in [4.78, 5) is 12.3. The average Bonchev–Trinajstić information content (AvgIpc) is 2.60. The lowest BCUT2D eigenvalue weighted by molar-refractivity contribution is -0.119. The first kappa shape index (κ1) is 20.3. The Bertz CT molecular complexity index is 883. The van der Waals surface area contributed by atoms with Gasteiger partial charge in [-0.15, -0.1) is 0 Å². The monoisotopic (exact) mass is 440 g/mol. The van der Waals surface area contributed by atoms with Gasteiger partial charge in [0.2, 0.25) is 15.9 Å². The number of carbonyl (C=O) groups excluding carboxylic acids is 1. The van der Waals surface area contributed by atoms with E-state index in [-0.39, 0.29) is 12.5 Å². The number of halogens is 1. The number of hydrogen-bond donors (Lipinski definition) is 1. The number of methoxy groups -OCH3 is 1. The van der Waals surface area contributed by atoms with Crippen molar-refractivity contribution in [2.24, 2.45) is 0 Å². The molecule has 26 heavy (non-hydrogen) atoms. The second-order valence-electron chi connectivity index (χ2n) is 5.83. The number of nitrogens with one attached hydrogen (secondary N) is 1. The van der Waals surface area contributed by atoms with Crippen LogP contribution >= 0.6 is 15.9 Å². The first-order chi connectivity index (χ1) is 12.2. The second kappa shape index (κ2) is 8.55. The highest BCUT2D eigenvalue weighted by atomic mass is 79.9. The fraction of sp³-hybridized carbons (Fsp3) is 0.278. The summed E-state index contributed by atoms with van der Waals surface area (Å²) >= 11 is 3.38. The molecule has 140 valence electrons. The van der Waals surface area contributed by atoms with Crippen molar-refractivity contribution in [3.05, 3.63) is 58.1 Å². The molecule has 0 aliphatic rings. The van der Waals surface area contributed by atoms with Gasteiger partial charge in [0.1, 0.15) is 12.3 Å². The number of carbonyl (C=O) groups is 1. The molecule has 1 amide bonds. The van der Waals surface area contributed by atoms with Gasteiger partial charge in [0.25, 0.3) is 0 Å². The summed E-state index contributed by atoms with van der Waals surface area (Å²) in [7, 11) is -2.01. The lowest BCUT2D eigenvalue weighted by atomic mass is 10.2. The average molecular weight is 441 g/mol. The first-order valence-electron chi connectivity index (χ1n) is 7.84. The predicted octanol–water partition coefficient (Wildman–Crippen LogP) is 2.85. The minimum atomic E-state index is -3.59. The third-order valence-corrected chi connectivity index (χ3v) is 5.80. The van der Waals surface area contributed by atoms with Gasteiger partial charge in [-0.25, -0.2) is 8.42 Å². The van der Waals surface area contributed by atoms with E-state index < -0.39 is 10.0 Å². The van der Waals surface area contributed by atoms with Crippen LogP contribution < -0.4 is 14.4 Å². The van der Waals surface area contributed by atoms with E-state index in [1.54, 1.807) is 37.4 Å². The van der Waals surface area contributed by atoms with Gasteiger partial charge in [-0.05, 0) is 48.4 Å². The topological polar surface area (TPSA) is 75.7 Å². The molecule has 1 N–H and O–H groups in total. The van der Waals surface area contributed by atoms with E-state index in [4.69, 9.17) is 4.74 Å². The molecule has 0 aliphatic carbocycles. The molecule has 0 bridgehead atoms. The van der Waals surface area contributed by atoms with Crippen LogP contribution in [0.3, 0.4) is 0 Å². The van der Waals surface area contributed by atoms with Crippen molar-refractivity contribution in [2.45, 2.75) is 13.5 Å². The Kier molecular flexibility index (Phi) is 6.66. The van der Waals surface area contributed by atoms with Crippen molar-refractivity contribution in [1.29, 1.82) is 0 Å². The number of rotatable bonds is 7. The molecule has 0 spiro atoms. The smallest absolute Gasteiger partial charge is 0.241 e. The molecule has 0 aliphatic heterocycles. The maximum Gasteiger partial charge on any atom is 0.241 e. The molecule has 2 aromatic carbocycles. The van der Waals surface area contributed by atoms with Gasteiger partial charge in [0.05, 0.1) is 19.1 Å². The first-order valence-corrected chi connectivity index (χ1v) is 10.5. The van der Waals surface area contributed by atoms with E-state index in [2.05, 4.69) is 21.2 Å². The van der Waals surface area contributed by atoms with Crippen LogP contribution in [0.25, 0.3) is 0 Å². The van der Waals surface area contributed by atoms with Gasteiger partial charge in [0.15, 0.2) is 0 Å². The van der Waals surface area contributed by atoms with Crippen molar-refractivity contribution < 1.29 is 17.9 Å². The van der Waals surface area contributed by atoms with Crippen LogP contribution in [0.5, 0.6) is 5.75 Å². The van der Waals surface area contributed by atoms with Crippen molar-refractivity contribution in [3.63, 3.8) is 0 Å². The van der Waals surface area contributed by atoms with Gasteiger partial charge in [0, 0.05) is 11.0 Å². The fourth-order valence-corrected chi connectivity index (χ4v) is 3.41. The fourth-order valence-electron chi connectivity index (χ4n) is 2.31. The Labute approximate surface area is 162 Å². The summed E-state index contributed by atoms with van der Waals surface area (Å²) in [5.74, 6) is 0.348. The lowest BCUT2D eigenvalue weighted by Crippen LogP contribution is -2.40. The highest BCUT2D eigenvalue weighted by molar-refractivity contribution is 9.10. The Balaban J connectivity index is 2.07. The predicted molar refractivity (Wildman–Crippen MR) is 106 cm³/mol. The molecule has 0 atom stereocenters. The van der Waals surface area contributed by atoms with E-state index in [0.29, 0.717) is 12.2 Å². The number of aryl methyl sites for hydroxylation is 1. The normalized spacial score (nSPS) is 11.1. The van der Waals surface area contributed by atoms with Crippen LogP contribution in [0.2, 0.25) is 0 Å². The molecule has 0 saturated heterocycles. The largest absolute Gasteiger partial charge is 0.497 e. The number of benzene rings is 2. The Hall–Kier alpha value is -2.06. The van der Waals surface area contributed by atoms with Gasteiger partial charge in [-0.2, -0.15) is 0 Å². The Morgan fingerprint density at radius 2 is 1.85 bits per heavy atom. The molecule has 0 unspecified atom stereocenters. The molecule has 0 radical (unpaired) electrons. The highest BCUT2D eigenvalue weighted by Gasteiger charge is 2.21. The minimum absolute atomic E-state index is 0.282. The number of ether oxygens (including phenoxy) is 1. The van der Waals surface area contributed by atoms with E-state index in [0.717, 1.165) is 31.9 Å². The number of nitrogens with zero attached hydrogens (tertiary/aromatic N) is 1. The number of amides is 1. The van der Waals surface area contributed by atoms with E-state index in [1.807, 2.05) is 19.1 Å². The number of anilines is 1. The zero-order chi connectivity index (χ0) is 19.3. The van der Waals surface area contributed by atoms with Crippen LogP contribution in [0.4, 0.5) is 5.69 Å². The van der Waals surface area contributed by atoms with E-state index in [1.165, 1.54) is 0 Å². The third-order valence-electron chi connectivity index (χ3n) is 3.77. The van der Waals surface area contributed by atoms with Gasteiger partial charge in [-0.3, -0.25) is 9.10 Å². The summed E-state index contributed by atoms with van der Waals surface area (Å²) < 4.78 is 31.3. The standard InChI is InChI=1S/C18H21BrN2O4S/c1-13-10-15(6-9-17(13)19)21(26(3,23)24)12-18(22)20-11-14-4-7-16(25-2)8-5-14/h4-10H,11-12H2,1-3H3,(H,20,22). The molecule has 0 aromatic heterocycles. The van der Waals surface area contributed by atoms with Crippen LogP contribution in [0, 0.1) is 6.92 Å². The van der Waals surface area contributed by atoms with Crippen molar-refractivity contribution in [2.75, 3.05) is 24.2 Å². The molecule has 0 heterocycles. The lowest BCUT2D eigenvalue weighted by Gasteiger charge is -2.22. The van der Waals surface area contributed by atoms with E-state index in [9.17, 15) is 13.2 Å². The number of hydrogen-bond acceptors (Lipinski definition) is 4. The number of sulfonamides is 1. The molecule has 2 aromatic rings. The second-order valence-corrected chi connectivity index (χ2v) is 8.59. The molecular weight excluding hydrogens is 420 g/mol. The van der Waals surface area contributed by atoms with Crippen LogP contribution in [-0.2, 0) is 21.4 Å². The zero-order valence-electron chi connectivity index (χ0n) is 14.8. The molecule has 0 fully saturated rings. The maximum absolute atomic E-state index is 12.3. The quantitative estimate of drug-likeness (QED) is 0.717. The molecule has 2 rings (SSSR count). The van der Waals surface area contributed by atoms with Crippen molar-refractivity contribution in [3.8, 4) is 5.75 Å². The molecule has 8 heteroatoms. The maximum atomic E-state index is 12.3. The molecule has 0 saturated carbocycles. The minimum Gasteiger partial charge on any atom is -0.497 e. The van der Waals surface area contributed by atoms with Crippen molar-refractivity contribution in [1.82, 2.24) is 5.32 Å². The summed E-state index contributed by atoms with van der Waals surface area (Å²) in [6.07, 6.45) is 1.08. The van der Waals surface area contributed by atoms with Gasteiger partial charge in [-0.1, -0.05) is 28.1 Å². The molecular formula is C18H21BrN2O4S. The van der Waals surface area contributed by atoms with Crippen LogP contribution in [0.1, 0.15) is 11.1 Å². The Morgan fingerprint density at radius 3 is 2.38 bits per heavy atom. The van der Waals surface area contributed by atoms with Crippen LogP contribution in [-0.4, -0.2) is 34.2 Å². The van der Waals surface area contributed by atoms with Gasteiger partial charge >= 0.3 is 0 Å². The van der Waals surface area contributed by atoms with Gasteiger partial charge < -0.3 is 10.1 Å². The summed E-state index contributed by atoms with van der Waals surface area (Å²) in [5.41, 5.74) is 2.23. The molecule has 6 nitrogen and oxygen atoms in total. The van der Waals surface area contributed by atoms with E-state index >= 15 is 0 Å². The summed E-state index contributed by atoms with van der Waals surface area (Å²) in [6, 6.07) is 12.4. The SMILES string of the molecule is COc1ccc(CNC(=O)CN(c2ccc(Br)c(C)c2)S(C)(=O)=O)cc1. The highest BCUT2D eigenvalue weighted by Crippen LogP contribution is 2.24. The van der Waals surface area contributed by atoms with Crippen LogP contribution in [0.15, 0.2) is 46.9 Å². The Morgan fingerprint density at radius 1 is 1.19 bits per heavy atom. The third kappa shape index (κ3) is 5.47.